The van der Waals surface area contributed by atoms with Crippen molar-refractivity contribution in [3.8, 4) is 0 Å². The molecule has 0 atom stereocenters. The topological polar surface area (TPSA) is 44.8 Å². The fraction of sp³-hybridized carbons (Fsp3) is 0.308. The largest absolute Gasteiger partial charge is 0.468 e. The third kappa shape index (κ3) is 2.25. The minimum atomic E-state index is -0.999. The van der Waals surface area contributed by atoms with Crippen LogP contribution in [0.15, 0.2) is 36.3 Å². The van der Waals surface area contributed by atoms with E-state index in [-0.39, 0.29) is 5.95 Å². The van der Waals surface area contributed by atoms with Crippen LogP contribution in [-0.2, 0) is 19.0 Å². The molecule has 0 aromatic heterocycles. The van der Waals surface area contributed by atoms with Gasteiger partial charge in [-0.1, -0.05) is 30.3 Å². The zero-order chi connectivity index (χ0) is 12.5. The van der Waals surface area contributed by atoms with E-state index in [4.69, 9.17) is 14.2 Å². The summed E-state index contributed by atoms with van der Waals surface area (Å²) in [6, 6.07) is 9.15. The second-order valence-electron chi connectivity index (χ2n) is 4.12. The Hall–Kier alpha value is -1.97. The second-order valence-corrected chi connectivity index (χ2v) is 4.12. The standard InChI is InChI=1S/C13H14O4/c1-13(2)16-11(14)10(12(15-3)17-13)9-7-5-4-6-8-9/h4-8H,1-3H3. The first-order chi connectivity index (χ1) is 8.03. The Labute approximate surface area is 99.8 Å². The van der Waals surface area contributed by atoms with Gasteiger partial charge in [0, 0.05) is 13.8 Å². The highest BCUT2D eigenvalue weighted by Gasteiger charge is 2.37. The number of esters is 1. The number of carbonyl (C=O) groups excluding carboxylic acids is 1. The molecule has 0 saturated heterocycles. The molecular formula is C13H14O4. The van der Waals surface area contributed by atoms with Gasteiger partial charge in [-0.25, -0.2) is 4.79 Å². The maximum Gasteiger partial charge on any atom is 0.349 e. The van der Waals surface area contributed by atoms with E-state index in [1.165, 1.54) is 7.11 Å². The summed E-state index contributed by atoms with van der Waals surface area (Å²) >= 11 is 0. The van der Waals surface area contributed by atoms with Gasteiger partial charge in [0.05, 0.1) is 7.11 Å². The maximum atomic E-state index is 11.9. The molecule has 1 heterocycles. The quantitative estimate of drug-likeness (QED) is 0.736. The lowest BCUT2D eigenvalue weighted by atomic mass is 10.1. The molecule has 1 aliphatic heterocycles. The first-order valence-electron chi connectivity index (χ1n) is 5.29. The summed E-state index contributed by atoms with van der Waals surface area (Å²) in [4.78, 5) is 11.9. The zero-order valence-electron chi connectivity index (χ0n) is 10.0. The molecule has 0 bridgehead atoms. The van der Waals surface area contributed by atoms with Crippen molar-refractivity contribution in [3.05, 3.63) is 41.8 Å². The molecule has 1 aliphatic rings. The fourth-order valence-electron chi connectivity index (χ4n) is 1.64. The minimum Gasteiger partial charge on any atom is -0.468 e. The van der Waals surface area contributed by atoms with Gasteiger partial charge in [0.1, 0.15) is 5.57 Å². The van der Waals surface area contributed by atoms with Gasteiger partial charge in [0.25, 0.3) is 11.7 Å². The molecule has 17 heavy (non-hydrogen) atoms. The first kappa shape index (κ1) is 11.5. The molecule has 1 aromatic rings. The van der Waals surface area contributed by atoms with Gasteiger partial charge in [-0.2, -0.15) is 0 Å². The Balaban J connectivity index is 2.49. The van der Waals surface area contributed by atoms with Crippen LogP contribution in [0.2, 0.25) is 0 Å². The van der Waals surface area contributed by atoms with Crippen molar-refractivity contribution in [2.45, 2.75) is 19.6 Å². The lowest BCUT2D eigenvalue weighted by Gasteiger charge is -2.32. The molecule has 0 unspecified atom stereocenters. The molecule has 4 heteroatoms. The number of methoxy groups -OCH3 is 1. The molecule has 1 aromatic carbocycles. The van der Waals surface area contributed by atoms with Gasteiger partial charge in [-0.05, 0) is 5.56 Å². The number of hydrogen-bond donors (Lipinski definition) is 0. The van der Waals surface area contributed by atoms with E-state index in [1.54, 1.807) is 26.0 Å². The van der Waals surface area contributed by atoms with Gasteiger partial charge in [0.15, 0.2) is 0 Å². The first-order valence-corrected chi connectivity index (χ1v) is 5.29. The third-order valence-corrected chi connectivity index (χ3v) is 2.33. The molecular weight excluding hydrogens is 220 g/mol. The van der Waals surface area contributed by atoms with E-state index in [1.807, 2.05) is 18.2 Å². The van der Waals surface area contributed by atoms with Crippen molar-refractivity contribution in [1.82, 2.24) is 0 Å². The summed E-state index contributed by atoms with van der Waals surface area (Å²) in [5.74, 6) is -1.25. The number of hydrogen-bond acceptors (Lipinski definition) is 4. The fourth-order valence-corrected chi connectivity index (χ4v) is 1.64. The van der Waals surface area contributed by atoms with Crippen molar-refractivity contribution in [1.29, 1.82) is 0 Å². The van der Waals surface area contributed by atoms with Crippen LogP contribution in [0.5, 0.6) is 0 Å². The lowest BCUT2D eigenvalue weighted by molar-refractivity contribution is -0.218. The van der Waals surface area contributed by atoms with E-state index in [2.05, 4.69) is 0 Å². The molecule has 0 radical (unpaired) electrons. The molecule has 0 amide bonds. The number of benzene rings is 1. The Morgan fingerprint density at radius 3 is 2.35 bits per heavy atom. The van der Waals surface area contributed by atoms with E-state index < -0.39 is 11.8 Å². The SMILES string of the molecule is COC1=C(c2ccccc2)C(=O)OC(C)(C)O1. The predicted octanol–water partition coefficient (Wildman–Crippen LogP) is 2.31. The summed E-state index contributed by atoms with van der Waals surface area (Å²) in [6.45, 7) is 3.32. The average molecular weight is 234 g/mol. The highest BCUT2D eigenvalue weighted by molar-refractivity contribution is 6.17. The number of ether oxygens (including phenoxy) is 3. The Kier molecular flexibility index (Phi) is 2.79. The van der Waals surface area contributed by atoms with E-state index >= 15 is 0 Å². The smallest absolute Gasteiger partial charge is 0.349 e. The molecule has 2 rings (SSSR count). The molecule has 90 valence electrons. The second kappa shape index (κ2) is 4.13. The summed E-state index contributed by atoms with van der Waals surface area (Å²) in [5, 5.41) is 0. The Morgan fingerprint density at radius 2 is 1.76 bits per heavy atom. The van der Waals surface area contributed by atoms with E-state index in [9.17, 15) is 4.79 Å². The molecule has 0 spiro atoms. The summed E-state index contributed by atoms with van der Waals surface area (Å²) < 4.78 is 15.8. The highest BCUT2D eigenvalue weighted by Crippen LogP contribution is 2.32. The molecule has 0 fully saturated rings. The molecule has 0 aliphatic carbocycles. The van der Waals surface area contributed by atoms with Crippen LogP contribution in [-0.4, -0.2) is 18.9 Å². The number of carbonyl (C=O) groups is 1. The van der Waals surface area contributed by atoms with Crippen molar-refractivity contribution in [2.24, 2.45) is 0 Å². The summed E-state index contributed by atoms with van der Waals surface area (Å²) in [7, 11) is 1.47. The van der Waals surface area contributed by atoms with Crippen molar-refractivity contribution in [2.75, 3.05) is 7.11 Å². The summed E-state index contributed by atoms with van der Waals surface area (Å²) in [6.07, 6.45) is 0. The maximum absolute atomic E-state index is 11.9. The average Bonchev–Trinajstić information content (AvgIpc) is 2.28. The van der Waals surface area contributed by atoms with Crippen LogP contribution in [0, 0.1) is 0 Å². The molecule has 0 N–H and O–H groups in total. The van der Waals surface area contributed by atoms with Crippen molar-refractivity contribution in [3.63, 3.8) is 0 Å². The lowest BCUT2D eigenvalue weighted by Crippen LogP contribution is -2.36. The normalized spacial score (nSPS) is 18.4. The van der Waals surface area contributed by atoms with E-state index in [0.717, 1.165) is 0 Å². The van der Waals surface area contributed by atoms with Crippen LogP contribution in [0.25, 0.3) is 5.57 Å². The number of cyclic esters (lactones) is 1. The summed E-state index contributed by atoms with van der Waals surface area (Å²) in [5.41, 5.74) is 1.03. The van der Waals surface area contributed by atoms with Gasteiger partial charge < -0.3 is 14.2 Å². The zero-order valence-corrected chi connectivity index (χ0v) is 10.0. The van der Waals surface area contributed by atoms with Crippen LogP contribution >= 0.6 is 0 Å². The van der Waals surface area contributed by atoms with Gasteiger partial charge in [-0.15, -0.1) is 0 Å². The van der Waals surface area contributed by atoms with E-state index in [0.29, 0.717) is 11.1 Å². The Bertz CT molecular complexity index is 460. The number of rotatable bonds is 2. The third-order valence-electron chi connectivity index (χ3n) is 2.33. The monoisotopic (exact) mass is 234 g/mol. The van der Waals surface area contributed by atoms with Crippen LogP contribution in [0.1, 0.15) is 19.4 Å². The molecule has 4 nitrogen and oxygen atoms in total. The Morgan fingerprint density at radius 1 is 1.12 bits per heavy atom. The molecule has 0 saturated carbocycles. The van der Waals surface area contributed by atoms with Gasteiger partial charge in [-0.3, -0.25) is 0 Å². The van der Waals surface area contributed by atoms with Crippen LogP contribution in [0.3, 0.4) is 0 Å². The van der Waals surface area contributed by atoms with Crippen molar-refractivity contribution >= 4 is 11.5 Å². The highest BCUT2D eigenvalue weighted by atomic mass is 16.8. The van der Waals surface area contributed by atoms with Crippen LogP contribution < -0.4 is 0 Å². The predicted molar refractivity (Wildman–Crippen MR) is 61.6 cm³/mol. The minimum absolute atomic E-state index is 0.192. The van der Waals surface area contributed by atoms with Gasteiger partial charge in [0.2, 0.25) is 0 Å². The van der Waals surface area contributed by atoms with Crippen LogP contribution in [0.4, 0.5) is 0 Å². The van der Waals surface area contributed by atoms with Crippen molar-refractivity contribution < 1.29 is 19.0 Å². The van der Waals surface area contributed by atoms with Gasteiger partial charge >= 0.3 is 5.97 Å².